The molecule has 2 rings (SSSR count). The van der Waals surface area contributed by atoms with E-state index in [0.29, 0.717) is 0 Å². The number of benzene rings is 2. The summed E-state index contributed by atoms with van der Waals surface area (Å²) in [6, 6.07) is 7.03. The Balaban J connectivity index is 2.20. The van der Waals surface area contributed by atoms with E-state index in [-0.39, 0.29) is 28.5 Å². The molecule has 0 amide bonds. The minimum atomic E-state index is -1.18. The molecule has 20 heavy (non-hydrogen) atoms. The van der Waals surface area contributed by atoms with Gasteiger partial charge in [-0.1, -0.05) is 11.6 Å². The second-order valence-corrected chi connectivity index (χ2v) is 4.38. The average Bonchev–Trinajstić information content (AvgIpc) is 2.40. The van der Waals surface area contributed by atoms with E-state index < -0.39 is 17.6 Å². The minimum absolute atomic E-state index is 0.0559. The molecule has 0 radical (unpaired) electrons. The molecule has 0 unspecified atom stereocenters. The van der Waals surface area contributed by atoms with E-state index in [1.807, 2.05) is 0 Å². The van der Waals surface area contributed by atoms with E-state index in [2.05, 4.69) is 0 Å². The van der Waals surface area contributed by atoms with Gasteiger partial charge in [0.05, 0.1) is 10.6 Å². The third kappa shape index (κ3) is 3.24. The topological polar surface area (TPSA) is 46.5 Å². The Morgan fingerprint density at radius 1 is 1.20 bits per heavy atom. The first-order chi connectivity index (χ1) is 9.47. The predicted octanol–water partition coefficient (Wildman–Crippen LogP) is 3.90. The van der Waals surface area contributed by atoms with Gasteiger partial charge in [-0.05, 0) is 30.3 Å². The van der Waals surface area contributed by atoms with Crippen LogP contribution in [0, 0.1) is 11.6 Å². The molecule has 104 valence electrons. The van der Waals surface area contributed by atoms with Crippen LogP contribution in [-0.2, 0) is 6.61 Å². The third-order valence-corrected chi connectivity index (χ3v) is 2.87. The summed E-state index contributed by atoms with van der Waals surface area (Å²) >= 11 is 5.59. The normalized spacial score (nSPS) is 10.3. The van der Waals surface area contributed by atoms with Crippen molar-refractivity contribution in [3.8, 4) is 5.75 Å². The van der Waals surface area contributed by atoms with Crippen molar-refractivity contribution >= 4 is 17.6 Å². The van der Waals surface area contributed by atoms with Gasteiger partial charge in [-0.15, -0.1) is 0 Å². The summed E-state index contributed by atoms with van der Waals surface area (Å²) in [6.45, 7) is -0.165. The number of halogens is 3. The van der Waals surface area contributed by atoms with Crippen LogP contribution in [0.3, 0.4) is 0 Å². The monoisotopic (exact) mass is 298 g/mol. The first-order valence-electron chi connectivity index (χ1n) is 5.57. The molecule has 2 aromatic carbocycles. The number of carboxylic acid groups (broad SMARTS) is 1. The van der Waals surface area contributed by atoms with Crippen molar-refractivity contribution in [2.75, 3.05) is 0 Å². The molecule has 0 spiro atoms. The van der Waals surface area contributed by atoms with Gasteiger partial charge in [0.2, 0.25) is 0 Å². The van der Waals surface area contributed by atoms with Crippen LogP contribution in [0.25, 0.3) is 0 Å². The maximum atomic E-state index is 13.1. The van der Waals surface area contributed by atoms with Crippen molar-refractivity contribution in [3.05, 3.63) is 64.2 Å². The molecule has 0 saturated carbocycles. The Morgan fingerprint density at radius 3 is 2.60 bits per heavy atom. The van der Waals surface area contributed by atoms with Gasteiger partial charge in [0.25, 0.3) is 0 Å². The first kappa shape index (κ1) is 14.3. The minimum Gasteiger partial charge on any atom is -0.489 e. The Hall–Kier alpha value is -2.14. The van der Waals surface area contributed by atoms with Gasteiger partial charge in [-0.25, -0.2) is 13.6 Å². The summed E-state index contributed by atoms with van der Waals surface area (Å²) in [7, 11) is 0. The molecule has 0 fully saturated rings. The third-order valence-electron chi connectivity index (χ3n) is 2.58. The van der Waals surface area contributed by atoms with Crippen molar-refractivity contribution in [2.24, 2.45) is 0 Å². The summed E-state index contributed by atoms with van der Waals surface area (Å²) in [4.78, 5) is 11.0. The molecule has 0 aliphatic rings. The summed E-state index contributed by atoms with van der Waals surface area (Å²) in [5.41, 5.74) is 0.123. The second kappa shape index (κ2) is 5.88. The quantitative estimate of drug-likeness (QED) is 0.931. The van der Waals surface area contributed by atoms with Crippen LogP contribution in [0.1, 0.15) is 15.9 Å². The Labute approximate surface area is 118 Å². The summed E-state index contributed by atoms with van der Waals surface area (Å²) < 4.78 is 31.4. The number of carbonyl (C=O) groups is 1. The highest BCUT2D eigenvalue weighted by molar-refractivity contribution is 6.30. The SMILES string of the molecule is O=C(O)c1ccc(F)cc1COc1ccc(F)c(Cl)c1. The second-order valence-electron chi connectivity index (χ2n) is 3.97. The molecule has 0 atom stereocenters. The van der Waals surface area contributed by atoms with Crippen LogP contribution in [0.5, 0.6) is 5.75 Å². The predicted molar refractivity (Wildman–Crippen MR) is 69.1 cm³/mol. The summed E-state index contributed by atoms with van der Waals surface area (Å²) in [5.74, 6) is -2.07. The van der Waals surface area contributed by atoms with Crippen LogP contribution in [0.2, 0.25) is 5.02 Å². The van der Waals surface area contributed by atoms with Crippen molar-refractivity contribution in [2.45, 2.75) is 6.61 Å². The molecular weight excluding hydrogens is 290 g/mol. The van der Waals surface area contributed by atoms with Crippen LogP contribution in [0.15, 0.2) is 36.4 Å². The molecule has 2 aromatic rings. The zero-order chi connectivity index (χ0) is 14.7. The Kier molecular flexibility index (Phi) is 4.20. The fourth-order valence-corrected chi connectivity index (χ4v) is 1.79. The van der Waals surface area contributed by atoms with Crippen molar-refractivity contribution in [3.63, 3.8) is 0 Å². The number of aromatic carboxylic acids is 1. The van der Waals surface area contributed by atoms with E-state index in [9.17, 15) is 13.6 Å². The maximum absolute atomic E-state index is 13.1. The lowest BCUT2D eigenvalue weighted by atomic mass is 10.1. The molecule has 6 heteroatoms. The van der Waals surface area contributed by atoms with Gasteiger partial charge >= 0.3 is 5.97 Å². The van der Waals surface area contributed by atoms with Crippen LogP contribution in [-0.4, -0.2) is 11.1 Å². The lowest BCUT2D eigenvalue weighted by Gasteiger charge is -2.09. The van der Waals surface area contributed by atoms with Crippen molar-refractivity contribution in [1.82, 2.24) is 0 Å². The van der Waals surface area contributed by atoms with Crippen molar-refractivity contribution in [1.29, 1.82) is 0 Å². The van der Waals surface area contributed by atoms with Crippen LogP contribution in [0.4, 0.5) is 8.78 Å². The standard InChI is InChI=1S/C14H9ClF2O3/c15-12-6-10(2-4-13(12)17)20-7-8-5-9(16)1-3-11(8)14(18)19/h1-6H,7H2,(H,18,19). The van der Waals surface area contributed by atoms with Crippen molar-refractivity contribution < 1.29 is 23.4 Å². The average molecular weight is 299 g/mol. The van der Waals surface area contributed by atoms with E-state index >= 15 is 0 Å². The zero-order valence-corrected chi connectivity index (χ0v) is 10.8. The molecule has 0 aliphatic carbocycles. The number of carboxylic acids is 1. The van der Waals surface area contributed by atoms with Gasteiger partial charge in [0.15, 0.2) is 0 Å². The van der Waals surface area contributed by atoms with Gasteiger partial charge < -0.3 is 9.84 Å². The van der Waals surface area contributed by atoms with Gasteiger partial charge in [-0.2, -0.15) is 0 Å². The number of hydrogen-bond donors (Lipinski definition) is 1. The lowest BCUT2D eigenvalue weighted by Crippen LogP contribution is -2.06. The maximum Gasteiger partial charge on any atom is 0.336 e. The first-order valence-corrected chi connectivity index (χ1v) is 5.95. The molecule has 0 bridgehead atoms. The van der Waals surface area contributed by atoms with E-state index in [1.165, 1.54) is 12.1 Å². The molecule has 3 nitrogen and oxygen atoms in total. The van der Waals surface area contributed by atoms with Gasteiger partial charge in [0.1, 0.15) is 24.0 Å². The molecule has 0 aromatic heterocycles. The molecule has 0 heterocycles. The number of hydrogen-bond acceptors (Lipinski definition) is 2. The summed E-state index contributed by atoms with van der Waals surface area (Å²) in [5, 5.41) is 8.87. The molecule has 0 saturated heterocycles. The Morgan fingerprint density at radius 2 is 1.95 bits per heavy atom. The highest BCUT2D eigenvalue weighted by Crippen LogP contribution is 2.22. The van der Waals surface area contributed by atoms with E-state index in [1.54, 1.807) is 0 Å². The number of ether oxygens (including phenoxy) is 1. The summed E-state index contributed by atoms with van der Waals surface area (Å²) in [6.07, 6.45) is 0. The fourth-order valence-electron chi connectivity index (χ4n) is 1.62. The molecule has 0 aliphatic heterocycles. The highest BCUT2D eigenvalue weighted by Gasteiger charge is 2.12. The molecular formula is C14H9ClF2O3. The van der Waals surface area contributed by atoms with Gasteiger partial charge in [-0.3, -0.25) is 0 Å². The molecule has 1 N–H and O–H groups in total. The van der Waals surface area contributed by atoms with E-state index in [0.717, 1.165) is 24.3 Å². The van der Waals surface area contributed by atoms with Crippen LogP contribution < -0.4 is 4.74 Å². The Bertz CT molecular complexity index is 659. The highest BCUT2D eigenvalue weighted by atomic mass is 35.5. The fraction of sp³-hybridized carbons (Fsp3) is 0.0714. The smallest absolute Gasteiger partial charge is 0.336 e. The largest absolute Gasteiger partial charge is 0.489 e. The zero-order valence-electron chi connectivity index (χ0n) is 10.1. The van der Waals surface area contributed by atoms with Gasteiger partial charge in [0, 0.05) is 11.6 Å². The number of rotatable bonds is 4. The van der Waals surface area contributed by atoms with E-state index in [4.69, 9.17) is 21.4 Å². The lowest BCUT2D eigenvalue weighted by molar-refractivity contribution is 0.0694. The van der Waals surface area contributed by atoms with Crippen LogP contribution >= 0.6 is 11.6 Å².